The van der Waals surface area contributed by atoms with Crippen LogP contribution in [0.2, 0.25) is 5.02 Å². The number of nitrogen functional groups attached to an aromatic ring is 1. The van der Waals surface area contributed by atoms with Crippen LogP contribution in [0.3, 0.4) is 0 Å². The van der Waals surface area contributed by atoms with Gasteiger partial charge in [0.15, 0.2) is 0 Å². The van der Waals surface area contributed by atoms with Gasteiger partial charge < -0.3 is 10.6 Å². The molecule has 0 aliphatic carbocycles. The lowest BCUT2D eigenvalue weighted by Crippen LogP contribution is -2.46. The van der Waals surface area contributed by atoms with Gasteiger partial charge in [0.05, 0.1) is 0 Å². The van der Waals surface area contributed by atoms with Crippen LogP contribution in [0.5, 0.6) is 0 Å². The second-order valence-corrected chi connectivity index (χ2v) is 7.88. The van der Waals surface area contributed by atoms with Gasteiger partial charge in [-0.25, -0.2) is 5.10 Å². The molecule has 0 amide bonds. The molecule has 7 nitrogen and oxygen atoms in total. The Morgan fingerprint density at radius 3 is 2.70 bits per heavy atom. The zero-order chi connectivity index (χ0) is 21.3. The Balaban J connectivity index is 1.66. The van der Waals surface area contributed by atoms with Crippen LogP contribution in [0.1, 0.15) is 25.3 Å². The van der Waals surface area contributed by atoms with Crippen molar-refractivity contribution in [2.75, 3.05) is 36.8 Å². The van der Waals surface area contributed by atoms with Crippen LogP contribution in [0.25, 0.3) is 0 Å². The predicted molar refractivity (Wildman–Crippen MR) is 125 cm³/mol. The van der Waals surface area contributed by atoms with E-state index < -0.39 is 0 Å². The number of aromatic nitrogens is 3. The van der Waals surface area contributed by atoms with Crippen molar-refractivity contribution in [2.45, 2.75) is 32.2 Å². The molecule has 1 fully saturated rings. The first-order chi connectivity index (χ1) is 14.6. The van der Waals surface area contributed by atoms with Gasteiger partial charge in [-0.05, 0) is 62.2 Å². The molecule has 0 atom stereocenters. The Morgan fingerprint density at radius 1 is 1.37 bits per heavy atom. The van der Waals surface area contributed by atoms with E-state index in [9.17, 15) is 0 Å². The number of allylic oxidation sites excluding steroid dienone is 1. The molecule has 3 N–H and O–H groups in total. The lowest BCUT2D eigenvalue weighted by Gasteiger charge is -2.38. The van der Waals surface area contributed by atoms with Gasteiger partial charge in [-0.3, -0.25) is 9.89 Å². The van der Waals surface area contributed by atoms with E-state index in [0.717, 1.165) is 56.4 Å². The number of aliphatic imine (C=N–C) groups is 1. The van der Waals surface area contributed by atoms with Gasteiger partial charge in [-0.15, -0.1) is 5.10 Å². The first-order valence-electron chi connectivity index (χ1n) is 10.3. The van der Waals surface area contributed by atoms with Crippen molar-refractivity contribution in [1.29, 1.82) is 0 Å². The molecule has 1 aromatic heterocycles. The highest BCUT2D eigenvalue weighted by Gasteiger charge is 2.26. The Hall–Kier alpha value is -2.64. The number of hydrogen-bond acceptors (Lipinski definition) is 6. The van der Waals surface area contributed by atoms with Crippen LogP contribution < -0.4 is 10.6 Å². The number of benzene rings is 1. The van der Waals surface area contributed by atoms with E-state index in [1.165, 1.54) is 11.1 Å². The number of nitrogens with zero attached hydrogens (tertiary/aromatic N) is 5. The summed E-state index contributed by atoms with van der Waals surface area (Å²) in [5.74, 6) is 1.05. The van der Waals surface area contributed by atoms with Crippen LogP contribution in [0.4, 0.5) is 11.9 Å². The summed E-state index contributed by atoms with van der Waals surface area (Å²) in [4.78, 5) is 12.9. The smallest absolute Gasteiger partial charge is 0.241 e. The highest BCUT2D eigenvalue weighted by atomic mass is 35.5. The van der Waals surface area contributed by atoms with Gasteiger partial charge in [-0.2, -0.15) is 4.98 Å². The van der Waals surface area contributed by atoms with Crippen LogP contribution >= 0.6 is 11.6 Å². The van der Waals surface area contributed by atoms with Crippen molar-refractivity contribution in [3.05, 3.63) is 58.8 Å². The predicted octanol–water partition coefficient (Wildman–Crippen LogP) is 3.71. The molecule has 8 heteroatoms. The molecule has 1 saturated heterocycles. The van der Waals surface area contributed by atoms with Crippen molar-refractivity contribution < 1.29 is 0 Å². The SMILES string of the molecule is C=N/C=C\C(=C/C)CN(CCc1ccc(Cl)cc1)C1CCN(c2nc(N)n[nH]2)CC1. The third kappa shape index (κ3) is 6.18. The van der Waals surface area contributed by atoms with Crippen molar-refractivity contribution in [1.82, 2.24) is 20.1 Å². The van der Waals surface area contributed by atoms with E-state index in [0.29, 0.717) is 6.04 Å². The summed E-state index contributed by atoms with van der Waals surface area (Å²) in [6, 6.07) is 8.62. The van der Waals surface area contributed by atoms with Gasteiger partial charge in [-0.1, -0.05) is 29.8 Å². The number of rotatable bonds is 9. The molecule has 0 saturated carbocycles. The molecular weight excluding hydrogens is 398 g/mol. The minimum absolute atomic E-state index is 0.289. The summed E-state index contributed by atoms with van der Waals surface area (Å²) in [7, 11) is 0. The molecule has 0 spiro atoms. The lowest BCUT2D eigenvalue weighted by molar-refractivity contribution is 0.185. The molecule has 0 bridgehead atoms. The minimum Gasteiger partial charge on any atom is -0.366 e. The Labute approximate surface area is 183 Å². The number of anilines is 2. The molecular formula is C22H30ClN7. The second-order valence-electron chi connectivity index (χ2n) is 7.44. The van der Waals surface area contributed by atoms with Gasteiger partial charge in [0.2, 0.25) is 11.9 Å². The van der Waals surface area contributed by atoms with Gasteiger partial charge in [0.1, 0.15) is 0 Å². The fourth-order valence-corrected chi connectivity index (χ4v) is 3.91. The number of nitrogens with one attached hydrogen (secondary N) is 1. The van der Waals surface area contributed by atoms with Crippen molar-refractivity contribution in [3.8, 4) is 0 Å². The van der Waals surface area contributed by atoms with E-state index in [-0.39, 0.29) is 5.95 Å². The largest absolute Gasteiger partial charge is 0.366 e. The molecule has 2 aromatic rings. The quantitative estimate of drug-likeness (QED) is 0.470. The molecule has 1 aliphatic rings. The number of H-pyrrole nitrogens is 1. The van der Waals surface area contributed by atoms with E-state index in [2.05, 4.69) is 61.8 Å². The van der Waals surface area contributed by atoms with Gasteiger partial charge in [0, 0.05) is 43.4 Å². The number of piperidine rings is 1. The minimum atomic E-state index is 0.289. The zero-order valence-electron chi connectivity index (χ0n) is 17.5. The molecule has 0 unspecified atom stereocenters. The number of hydrogen-bond donors (Lipinski definition) is 2. The lowest BCUT2D eigenvalue weighted by atomic mass is 10.0. The molecule has 2 heterocycles. The summed E-state index contributed by atoms with van der Waals surface area (Å²) in [6.45, 7) is 9.32. The van der Waals surface area contributed by atoms with E-state index in [1.54, 1.807) is 6.20 Å². The van der Waals surface area contributed by atoms with Crippen molar-refractivity contribution in [2.24, 2.45) is 4.99 Å². The number of aromatic amines is 1. The zero-order valence-corrected chi connectivity index (χ0v) is 18.2. The van der Waals surface area contributed by atoms with Gasteiger partial charge >= 0.3 is 0 Å². The first kappa shape index (κ1) is 22.1. The van der Waals surface area contributed by atoms with Crippen LogP contribution in [0.15, 0.2) is 53.2 Å². The monoisotopic (exact) mass is 427 g/mol. The average molecular weight is 428 g/mol. The Bertz CT molecular complexity index is 864. The summed E-state index contributed by atoms with van der Waals surface area (Å²) < 4.78 is 0. The fraction of sp³-hybridized carbons (Fsp3) is 0.409. The van der Waals surface area contributed by atoms with E-state index in [4.69, 9.17) is 17.3 Å². The maximum Gasteiger partial charge on any atom is 0.241 e. The number of halogens is 1. The molecule has 30 heavy (non-hydrogen) atoms. The van der Waals surface area contributed by atoms with E-state index in [1.807, 2.05) is 18.2 Å². The van der Waals surface area contributed by atoms with Crippen molar-refractivity contribution in [3.63, 3.8) is 0 Å². The third-order valence-corrected chi connectivity index (χ3v) is 5.77. The Morgan fingerprint density at radius 2 is 2.10 bits per heavy atom. The maximum atomic E-state index is 6.03. The number of nitrogens with two attached hydrogens (primary N) is 1. The van der Waals surface area contributed by atoms with Crippen LogP contribution in [-0.4, -0.2) is 59.0 Å². The van der Waals surface area contributed by atoms with Gasteiger partial charge in [0.25, 0.3) is 0 Å². The molecule has 1 aliphatic heterocycles. The van der Waals surface area contributed by atoms with Crippen LogP contribution in [-0.2, 0) is 6.42 Å². The van der Waals surface area contributed by atoms with Crippen LogP contribution in [0, 0.1) is 0 Å². The highest BCUT2D eigenvalue weighted by Crippen LogP contribution is 2.22. The molecule has 3 rings (SSSR count). The molecule has 0 radical (unpaired) electrons. The normalized spacial score (nSPS) is 16.0. The highest BCUT2D eigenvalue weighted by molar-refractivity contribution is 6.30. The summed E-state index contributed by atoms with van der Waals surface area (Å²) in [5.41, 5.74) is 8.19. The first-order valence-corrected chi connectivity index (χ1v) is 10.7. The second kappa shape index (κ2) is 10.9. The Kier molecular flexibility index (Phi) is 8.04. The summed E-state index contributed by atoms with van der Waals surface area (Å²) in [5, 5.41) is 7.63. The average Bonchev–Trinajstić information content (AvgIpc) is 3.21. The van der Waals surface area contributed by atoms with E-state index >= 15 is 0 Å². The molecule has 1 aromatic carbocycles. The summed E-state index contributed by atoms with van der Waals surface area (Å²) in [6.07, 6.45) is 9.03. The third-order valence-electron chi connectivity index (χ3n) is 5.52. The fourth-order valence-electron chi connectivity index (χ4n) is 3.79. The standard InChI is InChI=1S/C22H30ClN7/c1-3-17(8-12-25-2)16-30(13-9-18-4-6-19(23)7-5-18)20-10-14-29(15-11-20)22-26-21(24)27-28-22/h3-8,12,20H,2,9-11,13-16H2,1H3,(H3,24,26,27,28)/b12-8-,17-3+. The topological polar surface area (TPSA) is 86.4 Å². The summed E-state index contributed by atoms with van der Waals surface area (Å²) >= 11 is 6.03. The molecule has 160 valence electrons. The van der Waals surface area contributed by atoms with Crippen molar-refractivity contribution >= 4 is 30.2 Å². The maximum absolute atomic E-state index is 6.03.